The molecular weight excluding hydrogens is 815 g/mol. The summed E-state index contributed by atoms with van der Waals surface area (Å²) in [6.45, 7) is 15.8. The van der Waals surface area contributed by atoms with Crippen molar-refractivity contribution >= 4 is 5.94 Å². The molecular formula is C64H127NO2. The molecule has 0 aromatic heterocycles. The minimum atomic E-state index is 0.487. The van der Waals surface area contributed by atoms with Gasteiger partial charge in [-0.3, -0.25) is 0 Å². The van der Waals surface area contributed by atoms with Gasteiger partial charge in [-0.25, -0.2) is 4.79 Å². The van der Waals surface area contributed by atoms with E-state index in [0.717, 1.165) is 11.8 Å². The highest BCUT2D eigenvalue weighted by atomic mass is 16.5. The molecule has 0 saturated carbocycles. The van der Waals surface area contributed by atoms with E-state index in [2.05, 4.69) is 66.6 Å². The van der Waals surface area contributed by atoms with E-state index in [1.54, 1.807) is 11.5 Å². The van der Waals surface area contributed by atoms with Gasteiger partial charge < -0.3 is 9.64 Å². The lowest BCUT2D eigenvalue weighted by Crippen LogP contribution is -2.13. The van der Waals surface area contributed by atoms with Gasteiger partial charge in [-0.1, -0.05) is 297 Å². The Balaban J connectivity index is 0. The number of rotatable bonds is 54. The maximum atomic E-state index is 10.5. The minimum absolute atomic E-state index is 0.487. The summed E-state index contributed by atoms with van der Waals surface area (Å²) in [6, 6.07) is 0. The van der Waals surface area contributed by atoms with Crippen molar-refractivity contribution in [1.82, 2.24) is 4.90 Å². The summed E-state index contributed by atoms with van der Waals surface area (Å²) < 4.78 is 5.38. The zero-order valence-corrected chi connectivity index (χ0v) is 47.8. The molecule has 0 spiro atoms. The Morgan fingerprint density at radius 3 is 1.12 bits per heavy atom. The van der Waals surface area contributed by atoms with Crippen LogP contribution in [0.15, 0.2) is 17.9 Å². The third-order valence-electron chi connectivity index (χ3n) is 14.7. The Hall–Kier alpha value is -1.05. The Morgan fingerprint density at radius 1 is 0.433 bits per heavy atom. The first-order chi connectivity index (χ1) is 32.8. The van der Waals surface area contributed by atoms with Crippen molar-refractivity contribution in [1.29, 1.82) is 0 Å². The van der Waals surface area contributed by atoms with Crippen LogP contribution >= 0.6 is 0 Å². The van der Waals surface area contributed by atoms with Gasteiger partial charge in [-0.05, 0) is 96.2 Å². The molecule has 3 nitrogen and oxygen atoms in total. The smallest absolute Gasteiger partial charge is 0.166 e. The number of hydrogen-bond donors (Lipinski definition) is 0. The molecule has 0 rings (SSSR count). The van der Waals surface area contributed by atoms with Crippen molar-refractivity contribution in [2.24, 2.45) is 17.8 Å². The summed E-state index contributed by atoms with van der Waals surface area (Å²) in [4.78, 5) is 12.7. The van der Waals surface area contributed by atoms with Crippen molar-refractivity contribution in [2.75, 3.05) is 27.2 Å². The van der Waals surface area contributed by atoms with Gasteiger partial charge in [0.15, 0.2) is 12.2 Å². The normalized spacial score (nSPS) is 13.1. The topological polar surface area (TPSA) is 29.5 Å². The van der Waals surface area contributed by atoms with E-state index >= 15 is 0 Å². The van der Waals surface area contributed by atoms with E-state index in [4.69, 9.17) is 4.74 Å². The van der Waals surface area contributed by atoms with Crippen LogP contribution in [0.3, 0.4) is 0 Å². The lowest BCUT2D eigenvalue weighted by Gasteiger charge is -2.23. The molecule has 3 heteroatoms. The number of allylic oxidation sites excluding steroid dienone is 2. The average Bonchev–Trinajstić information content (AvgIpc) is 3.31. The Labute approximate surface area is 424 Å². The van der Waals surface area contributed by atoms with Gasteiger partial charge in [-0.15, -0.1) is 0 Å². The van der Waals surface area contributed by atoms with Crippen molar-refractivity contribution in [3.63, 3.8) is 0 Å². The first-order valence-electron chi connectivity index (χ1n) is 31.0. The van der Waals surface area contributed by atoms with Crippen molar-refractivity contribution < 1.29 is 9.53 Å². The second kappa shape index (κ2) is 59.3. The second-order valence-electron chi connectivity index (χ2n) is 22.4. The molecule has 67 heavy (non-hydrogen) atoms. The summed E-state index contributed by atoms with van der Waals surface area (Å²) in [5.74, 6) is 3.84. The zero-order chi connectivity index (χ0) is 49.4. The van der Waals surface area contributed by atoms with Gasteiger partial charge in [0.1, 0.15) is 0 Å². The predicted octanol–water partition coefficient (Wildman–Crippen LogP) is 22.1. The Bertz CT molecular complexity index is 983. The average molecular weight is 943 g/mol. The van der Waals surface area contributed by atoms with Gasteiger partial charge in [0.05, 0.1) is 6.61 Å². The Kier molecular flexibility index (Phi) is 60.2. The van der Waals surface area contributed by atoms with E-state index in [-0.39, 0.29) is 0 Å². The van der Waals surface area contributed by atoms with Gasteiger partial charge in [-0.2, -0.15) is 0 Å². The van der Waals surface area contributed by atoms with Crippen LogP contribution in [0, 0.1) is 17.8 Å². The first-order valence-corrected chi connectivity index (χ1v) is 31.0. The lowest BCUT2D eigenvalue weighted by atomic mass is 9.83. The molecule has 0 amide bonds. The fourth-order valence-electron chi connectivity index (χ4n) is 10.4. The van der Waals surface area contributed by atoms with Gasteiger partial charge in [0.2, 0.25) is 0 Å². The molecule has 0 aliphatic rings. The van der Waals surface area contributed by atoms with Crippen LogP contribution in [0.2, 0.25) is 0 Å². The molecule has 0 bridgehead atoms. The van der Waals surface area contributed by atoms with E-state index in [1.807, 2.05) is 0 Å². The number of nitrogens with zero attached hydrogens (tertiary/aromatic N) is 1. The minimum Gasteiger partial charge on any atom is -0.489 e. The molecule has 0 fully saturated rings. The quantitative estimate of drug-likeness (QED) is 0.0263. The van der Waals surface area contributed by atoms with E-state index in [1.165, 1.54) is 315 Å². The SMILES string of the molecule is CCCCCCCCCCCCCCCCCCC(CCCCCCC/C=C(/CCCCCCCCCC)CCCCCCCCCCC)CC(C)CC(C)COC=C=O.CCCCN(C)C. The summed E-state index contributed by atoms with van der Waals surface area (Å²) >= 11 is 0. The van der Waals surface area contributed by atoms with E-state index in [0.29, 0.717) is 12.5 Å². The van der Waals surface area contributed by atoms with Gasteiger partial charge >= 0.3 is 0 Å². The van der Waals surface area contributed by atoms with Crippen LogP contribution < -0.4 is 0 Å². The third kappa shape index (κ3) is 59.2. The third-order valence-corrected chi connectivity index (χ3v) is 14.7. The molecule has 3 unspecified atom stereocenters. The summed E-state index contributed by atoms with van der Waals surface area (Å²) in [5, 5.41) is 0. The standard InChI is InChI=1S/C58H112O2.C6H15N/c1-6-9-12-15-18-21-22-23-24-25-26-27-29-32-38-43-48-58(53-55(4)52-56(5)54-60-51-50-59)49-44-39-34-33-37-42-47-57(45-40-35-30-20-17-14-11-8-3)46-41-36-31-28-19-16-13-10-7-2;1-4-5-6-7(2)3/h47,51,55-56,58H,6-46,48-49,52-54H2,1-5H3;4-6H2,1-3H3/b57-47-;. The molecule has 0 saturated heterocycles. The lowest BCUT2D eigenvalue weighted by molar-refractivity contribution is 0.180. The van der Waals surface area contributed by atoms with Crippen LogP contribution in [-0.4, -0.2) is 38.1 Å². The van der Waals surface area contributed by atoms with E-state index < -0.39 is 0 Å². The van der Waals surface area contributed by atoms with Crippen LogP contribution in [0.1, 0.15) is 343 Å². The maximum Gasteiger partial charge on any atom is 0.166 e. The molecule has 400 valence electrons. The second-order valence-corrected chi connectivity index (χ2v) is 22.4. The molecule has 0 radical (unpaired) electrons. The highest BCUT2D eigenvalue weighted by molar-refractivity contribution is 5.42. The molecule has 0 N–H and O–H groups in total. The molecule has 3 atom stereocenters. The predicted molar refractivity (Wildman–Crippen MR) is 304 cm³/mol. The highest BCUT2D eigenvalue weighted by Crippen LogP contribution is 2.29. The maximum absolute atomic E-state index is 10.5. The van der Waals surface area contributed by atoms with Crippen LogP contribution in [-0.2, 0) is 9.53 Å². The molecule has 0 aliphatic heterocycles. The van der Waals surface area contributed by atoms with Crippen molar-refractivity contribution in [3.05, 3.63) is 17.9 Å². The highest BCUT2D eigenvalue weighted by Gasteiger charge is 2.16. The van der Waals surface area contributed by atoms with Crippen molar-refractivity contribution in [2.45, 2.75) is 343 Å². The van der Waals surface area contributed by atoms with Crippen LogP contribution in [0.25, 0.3) is 0 Å². The van der Waals surface area contributed by atoms with Crippen molar-refractivity contribution in [3.8, 4) is 0 Å². The van der Waals surface area contributed by atoms with Gasteiger partial charge in [0, 0.05) is 0 Å². The fourth-order valence-corrected chi connectivity index (χ4v) is 10.4. The van der Waals surface area contributed by atoms with E-state index in [9.17, 15) is 4.79 Å². The monoisotopic (exact) mass is 942 g/mol. The van der Waals surface area contributed by atoms with Gasteiger partial charge in [0.25, 0.3) is 0 Å². The summed E-state index contributed by atoms with van der Waals surface area (Å²) in [5.41, 5.74) is 1.80. The fraction of sp³-hybridized carbons (Fsp3) is 0.938. The number of carbonyl (C=O) groups excluding carboxylic acids is 1. The first kappa shape index (κ1) is 68.0. The molecule has 0 heterocycles. The molecule has 0 aliphatic carbocycles. The summed E-state index contributed by atoms with van der Waals surface area (Å²) in [7, 11) is 4.21. The largest absolute Gasteiger partial charge is 0.489 e. The number of ether oxygens (including phenoxy) is 1. The van der Waals surface area contributed by atoms with Crippen LogP contribution in [0.4, 0.5) is 0 Å². The summed E-state index contributed by atoms with van der Waals surface area (Å²) in [6.07, 6.45) is 70.4. The number of hydrogen-bond acceptors (Lipinski definition) is 3. The Morgan fingerprint density at radius 2 is 0.776 bits per heavy atom. The molecule has 0 aromatic rings. The number of unbranched alkanes of at least 4 members (excludes halogenated alkanes) is 36. The zero-order valence-electron chi connectivity index (χ0n) is 47.8. The molecule has 0 aromatic carbocycles. The van der Waals surface area contributed by atoms with Crippen LogP contribution in [0.5, 0.6) is 0 Å².